The molecule has 0 radical (unpaired) electrons. The second kappa shape index (κ2) is 9.01. The summed E-state index contributed by atoms with van der Waals surface area (Å²) in [6, 6.07) is 8.95. The Morgan fingerprint density at radius 1 is 1.08 bits per heavy atom. The van der Waals surface area contributed by atoms with Crippen LogP contribution in [0.5, 0.6) is 0 Å². The Morgan fingerprint density at radius 2 is 1.69 bits per heavy atom. The fraction of sp³-hybridized carbons (Fsp3) is 0.682. The lowest BCUT2D eigenvalue weighted by atomic mass is 9.85. The van der Waals surface area contributed by atoms with Gasteiger partial charge in [0, 0.05) is 44.9 Å². The first kappa shape index (κ1) is 19.4. The predicted molar refractivity (Wildman–Crippen MR) is 105 cm³/mol. The Labute approximate surface area is 158 Å². The van der Waals surface area contributed by atoms with E-state index in [1.165, 1.54) is 25.7 Å². The molecule has 0 aromatic heterocycles. The highest BCUT2D eigenvalue weighted by atomic mass is 16.5. The van der Waals surface area contributed by atoms with E-state index in [1.807, 2.05) is 36.2 Å². The van der Waals surface area contributed by atoms with Gasteiger partial charge in [0.15, 0.2) is 0 Å². The molecular weight excluding hydrogens is 324 g/mol. The summed E-state index contributed by atoms with van der Waals surface area (Å²) in [6.45, 7) is 5.23. The van der Waals surface area contributed by atoms with E-state index in [0.717, 1.165) is 49.0 Å². The van der Waals surface area contributed by atoms with Crippen molar-refractivity contribution in [3.63, 3.8) is 0 Å². The van der Waals surface area contributed by atoms with Gasteiger partial charge < -0.3 is 14.5 Å². The Hall–Kier alpha value is -1.39. The fourth-order valence-corrected chi connectivity index (χ4v) is 4.53. The van der Waals surface area contributed by atoms with Crippen LogP contribution in [0.15, 0.2) is 24.3 Å². The van der Waals surface area contributed by atoms with Gasteiger partial charge in [-0.2, -0.15) is 0 Å². The maximum absolute atomic E-state index is 12.8. The van der Waals surface area contributed by atoms with Gasteiger partial charge in [-0.15, -0.1) is 0 Å². The van der Waals surface area contributed by atoms with Crippen LogP contribution in [0.4, 0.5) is 0 Å². The largest absolute Gasteiger partial charge is 0.380 e. The summed E-state index contributed by atoms with van der Waals surface area (Å²) >= 11 is 0. The standard InChI is InChI=1S/C22H34N2O2/c1-17-4-10-21(11-5-17)24-14-12-20(13-15-24)23(2)22(25)19-8-6-18(7-9-19)16-26-3/h6-9,17,20-21H,4-5,10-16H2,1-3H3. The van der Waals surface area contributed by atoms with Crippen LogP contribution in [0.2, 0.25) is 0 Å². The number of amides is 1. The van der Waals surface area contributed by atoms with Crippen molar-refractivity contribution in [2.24, 2.45) is 5.92 Å². The number of carbonyl (C=O) groups excluding carboxylic acids is 1. The van der Waals surface area contributed by atoms with E-state index in [0.29, 0.717) is 12.6 Å². The summed E-state index contributed by atoms with van der Waals surface area (Å²) in [5.74, 6) is 1.04. The normalized spacial score (nSPS) is 25.2. The van der Waals surface area contributed by atoms with Crippen molar-refractivity contribution >= 4 is 5.91 Å². The zero-order valence-electron chi connectivity index (χ0n) is 16.6. The minimum absolute atomic E-state index is 0.138. The molecule has 4 nitrogen and oxygen atoms in total. The molecule has 144 valence electrons. The molecule has 2 fully saturated rings. The minimum Gasteiger partial charge on any atom is -0.380 e. The number of rotatable bonds is 5. The van der Waals surface area contributed by atoms with Crippen LogP contribution in [-0.2, 0) is 11.3 Å². The lowest BCUT2D eigenvalue weighted by Crippen LogP contribution is -2.49. The number of hydrogen-bond donors (Lipinski definition) is 0. The van der Waals surface area contributed by atoms with Gasteiger partial charge in [-0.25, -0.2) is 0 Å². The molecular formula is C22H34N2O2. The second-order valence-corrected chi connectivity index (χ2v) is 8.23. The van der Waals surface area contributed by atoms with Gasteiger partial charge in [0.2, 0.25) is 0 Å². The van der Waals surface area contributed by atoms with Gasteiger partial charge in [-0.05, 0) is 62.1 Å². The predicted octanol–water partition coefficient (Wildman–Crippen LogP) is 3.95. The summed E-state index contributed by atoms with van der Waals surface area (Å²) in [5.41, 5.74) is 1.87. The van der Waals surface area contributed by atoms with Crippen molar-refractivity contribution in [2.75, 3.05) is 27.2 Å². The monoisotopic (exact) mass is 358 g/mol. The van der Waals surface area contributed by atoms with Crippen LogP contribution in [0.1, 0.15) is 61.4 Å². The van der Waals surface area contributed by atoms with Crippen molar-refractivity contribution in [3.05, 3.63) is 35.4 Å². The van der Waals surface area contributed by atoms with Crippen LogP contribution < -0.4 is 0 Å². The number of carbonyl (C=O) groups is 1. The Balaban J connectivity index is 1.51. The van der Waals surface area contributed by atoms with E-state index in [4.69, 9.17) is 4.74 Å². The zero-order valence-corrected chi connectivity index (χ0v) is 16.6. The summed E-state index contributed by atoms with van der Waals surface area (Å²) in [7, 11) is 3.65. The number of methoxy groups -OCH3 is 1. The van der Waals surface area contributed by atoms with Gasteiger partial charge in [0.05, 0.1) is 6.61 Å². The lowest BCUT2D eigenvalue weighted by Gasteiger charge is -2.42. The van der Waals surface area contributed by atoms with Crippen molar-refractivity contribution < 1.29 is 9.53 Å². The number of nitrogens with zero attached hydrogens (tertiary/aromatic N) is 2. The molecule has 2 aliphatic rings. The van der Waals surface area contributed by atoms with Crippen molar-refractivity contribution in [1.82, 2.24) is 9.80 Å². The van der Waals surface area contributed by atoms with Crippen molar-refractivity contribution in [1.29, 1.82) is 0 Å². The van der Waals surface area contributed by atoms with E-state index in [-0.39, 0.29) is 5.91 Å². The molecule has 26 heavy (non-hydrogen) atoms. The zero-order chi connectivity index (χ0) is 18.5. The Kier molecular flexibility index (Phi) is 6.71. The van der Waals surface area contributed by atoms with Gasteiger partial charge in [0.25, 0.3) is 5.91 Å². The topological polar surface area (TPSA) is 32.8 Å². The molecule has 1 amide bonds. The summed E-state index contributed by atoms with van der Waals surface area (Å²) in [4.78, 5) is 17.5. The summed E-state index contributed by atoms with van der Waals surface area (Å²) in [6.07, 6.45) is 7.65. The molecule has 1 aromatic rings. The molecule has 3 rings (SSSR count). The number of hydrogen-bond acceptors (Lipinski definition) is 3. The average molecular weight is 359 g/mol. The van der Waals surface area contributed by atoms with Gasteiger partial charge in [-0.3, -0.25) is 4.79 Å². The third kappa shape index (κ3) is 4.66. The molecule has 0 bridgehead atoms. The van der Waals surface area contributed by atoms with E-state index in [2.05, 4.69) is 11.8 Å². The molecule has 0 unspecified atom stereocenters. The fourth-order valence-electron chi connectivity index (χ4n) is 4.53. The molecule has 4 heteroatoms. The van der Waals surface area contributed by atoms with Crippen molar-refractivity contribution in [3.8, 4) is 0 Å². The van der Waals surface area contributed by atoms with Gasteiger partial charge in [-0.1, -0.05) is 19.1 Å². The van der Waals surface area contributed by atoms with Crippen LogP contribution in [-0.4, -0.2) is 55.0 Å². The molecule has 0 N–H and O–H groups in total. The maximum Gasteiger partial charge on any atom is 0.253 e. The van der Waals surface area contributed by atoms with Crippen LogP contribution in [0.3, 0.4) is 0 Å². The average Bonchev–Trinajstić information content (AvgIpc) is 2.68. The molecule has 1 saturated carbocycles. The highest BCUT2D eigenvalue weighted by Gasteiger charge is 2.30. The first-order valence-corrected chi connectivity index (χ1v) is 10.2. The smallest absolute Gasteiger partial charge is 0.253 e. The van der Waals surface area contributed by atoms with Crippen LogP contribution in [0.25, 0.3) is 0 Å². The molecule has 1 aromatic carbocycles. The van der Waals surface area contributed by atoms with Gasteiger partial charge >= 0.3 is 0 Å². The molecule has 1 aliphatic carbocycles. The first-order valence-electron chi connectivity index (χ1n) is 10.2. The van der Waals surface area contributed by atoms with E-state index in [1.54, 1.807) is 7.11 Å². The highest BCUT2D eigenvalue weighted by Crippen LogP contribution is 2.29. The first-order chi connectivity index (χ1) is 12.6. The van der Waals surface area contributed by atoms with E-state index in [9.17, 15) is 4.79 Å². The number of benzene rings is 1. The van der Waals surface area contributed by atoms with E-state index < -0.39 is 0 Å². The quantitative estimate of drug-likeness (QED) is 0.799. The molecule has 0 atom stereocenters. The summed E-state index contributed by atoms with van der Waals surface area (Å²) < 4.78 is 5.14. The number of piperidine rings is 1. The molecule has 1 aliphatic heterocycles. The number of ether oxygens (including phenoxy) is 1. The Morgan fingerprint density at radius 3 is 2.27 bits per heavy atom. The van der Waals surface area contributed by atoms with Crippen LogP contribution >= 0.6 is 0 Å². The minimum atomic E-state index is 0.138. The third-order valence-electron chi connectivity index (χ3n) is 6.38. The molecule has 1 heterocycles. The van der Waals surface area contributed by atoms with Gasteiger partial charge in [0.1, 0.15) is 0 Å². The second-order valence-electron chi connectivity index (χ2n) is 8.23. The maximum atomic E-state index is 12.8. The lowest BCUT2D eigenvalue weighted by molar-refractivity contribution is 0.0540. The Bertz CT molecular complexity index is 570. The van der Waals surface area contributed by atoms with E-state index >= 15 is 0 Å². The SMILES string of the molecule is COCc1ccc(C(=O)N(C)C2CCN(C3CCC(C)CC3)CC2)cc1. The molecule has 1 saturated heterocycles. The molecule has 0 spiro atoms. The van der Waals surface area contributed by atoms with Crippen LogP contribution in [0, 0.1) is 5.92 Å². The number of likely N-dealkylation sites (tertiary alicyclic amines) is 1. The van der Waals surface area contributed by atoms with Crippen molar-refractivity contribution in [2.45, 2.75) is 64.1 Å². The third-order valence-corrected chi connectivity index (χ3v) is 6.38. The highest BCUT2D eigenvalue weighted by molar-refractivity contribution is 5.94. The summed E-state index contributed by atoms with van der Waals surface area (Å²) in [5, 5.41) is 0.